The summed E-state index contributed by atoms with van der Waals surface area (Å²) in [7, 11) is 0. The maximum absolute atomic E-state index is 11.0. The summed E-state index contributed by atoms with van der Waals surface area (Å²) >= 11 is 0. The van der Waals surface area contributed by atoms with Crippen molar-refractivity contribution in [3.8, 4) is 17.2 Å². The van der Waals surface area contributed by atoms with E-state index in [1.807, 2.05) is 31.3 Å². The summed E-state index contributed by atoms with van der Waals surface area (Å²) in [4.78, 5) is 3.40. The number of phenols is 3. The molecule has 4 heteroatoms. The van der Waals surface area contributed by atoms with E-state index in [0.717, 1.165) is 45.5 Å². The number of rotatable bonds is 1. The minimum Gasteiger partial charge on any atom is -0.507 e. The van der Waals surface area contributed by atoms with Gasteiger partial charge in [-0.15, -0.1) is 0 Å². The van der Waals surface area contributed by atoms with Gasteiger partial charge in [0.1, 0.15) is 5.75 Å². The highest BCUT2D eigenvalue weighted by molar-refractivity contribution is 5.90. The van der Waals surface area contributed by atoms with Gasteiger partial charge in [0.15, 0.2) is 11.5 Å². The number of aromatic nitrogens is 1. The molecule has 1 unspecified atom stereocenters. The first kappa shape index (κ1) is 26.0. The fourth-order valence-corrected chi connectivity index (χ4v) is 10.5. The number of H-pyrrole nitrogens is 1. The molecule has 3 aromatic rings. The number of fused-ring (bicyclic) bond motifs is 8. The summed E-state index contributed by atoms with van der Waals surface area (Å²) in [5, 5.41) is 33.7. The van der Waals surface area contributed by atoms with Crippen molar-refractivity contribution in [2.45, 2.75) is 97.8 Å². The molecule has 2 aromatic carbocycles. The number of aromatic amines is 1. The number of aromatic hydroxyl groups is 3. The molecular formula is C36H45NO3. The van der Waals surface area contributed by atoms with Crippen LogP contribution in [0.1, 0.15) is 108 Å². The fraction of sp³-hybridized carbons (Fsp3) is 0.556. The minimum absolute atomic E-state index is 0.0206. The lowest BCUT2D eigenvalue weighted by molar-refractivity contribution is -0.145. The highest BCUT2D eigenvalue weighted by Crippen LogP contribution is 2.74. The van der Waals surface area contributed by atoms with Gasteiger partial charge >= 0.3 is 0 Å². The quantitative estimate of drug-likeness (QED) is 0.184. The van der Waals surface area contributed by atoms with Gasteiger partial charge in [-0.3, -0.25) is 0 Å². The van der Waals surface area contributed by atoms with Crippen molar-refractivity contribution in [3.05, 3.63) is 64.4 Å². The van der Waals surface area contributed by atoms with E-state index in [4.69, 9.17) is 0 Å². The van der Waals surface area contributed by atoms with Crippen molar-refractivity contribution in [3.63, 3.8) is 0 Å². The van der Waals surface area contributed by atoms with E-state index >= 15 is 0 Å². The number of hydrogen-bond acceptors (Lipinski definition) is 3. The molecule has 0 radical (unpaired) electrons. The Morgan fingerprint density at radius 2 is 1.70 bits per heavy atom. The molecule has 4 aliphatic carbocycles. The number of phenolic OH excluding ortho intramolecular Hbond substituents is 3. The Bertz CT molecular complexity index is 1580. The molecule has 40 heavy (non-hydrogen) atoms. The second kappa shape index (κ2) is 8.11. The molecule has 7 rings (SSSR count). The van der Waals surface area contributed by atoms with Gasteiger partial charge in [0.2, 0.25) is 0 Å². The molecule has 4 nitrogen and oxygen atoms in total. The summed E-state index contributed by atoms with van der Waals surface area (Å²) in [6.45, 7) is 14.5. The summed E-state index contributed by atoms with van der Waals surface area (Å²) in [5.41, 5.74) is 6.78. The molecule has 4 N–H and O–H groups in total. The lowest BCUT2D eigenvalue weighted by Crippen LogP contribution is -2.61. The molecule has 7 atom stereocenters. The maximum Gasteiger partial charge on any atom is 0.160 e. The predicted molar refractivity (Wildman–Crippen MR) is 161 cm³/mol. The lowest BCUT2D eigenvalue weighted by Gasteiger charge is -2.69. The van der Waals surface area contributed by atoms with E-state index < -0.39 is 0 Å². The molecule has 212 valence electrons. The van der Waals surface area contributed by atoms with Crippen LogP contribution < -0.4 is 0 Å². The highest BCUT2D eigenvalue weighted by Gasteiger charge is 2.65. The third-order valence-electron chi connectivity index (χ3n) is 13.1. The van der Waals surface area contributed by atoms with Crippen molar-refractivity contribution in [1.29, 1.82) is 0 Å². The maximum atomic E-state index is 11.0. The average Bonchev–Trinajstić information content (AvgIpc) is 3.35. The Balaban J connectivity index is 1.50. The second-order valence-corrected chi connectivity index (χ2v) is 15.0. The molecule has 0 spiro atoms. The third kappa shape index (κ3) is 3.09. The van der Waals surface area contributed by atoms with E-state index in [1.54, 1.807) is 6.07 Å². The first-order valence-electron chi connectivity index (χ1n) is 15.4. The van der Waals surface area contributed by atoms with Crippen LogP contribution in [0.4, 0.5) is 0 Å². The topological polar surface area (TPSA) is 76.5 Å². The summed E-state index contributed by atoms with van der Waals surface area (Å²) in [5.74, 6) is 1.53. The zero-order valence-electron chi connectivity index (χ0n) is 25.0. The Morgan fingerprint density at radius 1 is 0.925 bits per heavy atom. The van der Waals surface area contributed by atoms with Crippen LogP contribution >= 0.6 is 0 Å². The Labute approximate surface area is 238 Å². The normalized spacial score (nSPS) is 38.6. The van der Waals surface area contributed by atoms with E-state index in [0.29, 0.717) is 11.3 Å². The zero-order chi connectivity index (χ0) is 28.4. The second-order valence-electron chi connectivity index (χ2n) is 15.0. The van der Waals surface area contributed by atoms with E-state index in [9.17, 15) is 15.3 Å². The molecule has 1 aromatic heterocycles. The monoisotopic (exact) mass is 539 g/mol. The van der Waals surface area contributed by atoms with Gasteiger partial charge in [-0.2, -0.15) is 0 Å². The van der Waals surface area contributed by atoms with Crippen molar-refractivity contribution < 1.29 is 15.3 Å². The molecule has 0 bridgehead atoms. The summed E-state index contributed by atoms with van der Waals surface area (Å²) < 4.78 is 0. The minimum atomic E-state index is -0.224. The van der Waals surface area contributed by atoms with Crippen LogP contribution in [0.2, 0.25) is 0 Å². The average molecular weight is 540 g/mol. The van der Waals surface area contributed by atoms with Gasteiger partial charge in [0, 0.05) is 28.4 Å². The van der Waals surface area contributed by atoms with E-state index in [-0.39, 0.29) is 39.4 Å². The van der Waals surface area contributed by atoms with Crippen molar-refractivity contribution in [2.75, 3.05) is 0 Å². The van der Waals surface area contributed by atoms with Gasteiger partial charge in [-0.25, -0.2) is 0 Å². The first-order chi connectivity index (χ1) is 18.8. The van der Waals surface area contributed by atoms with Gasteiger partial charge < -0.3 is 20.3 Å². The van der Waals surface area contributed by atoms with Gasteiger partial charge in [0.25, 0.3) is 0 Å². The highest BCUT2D eigenvalue weighted by atomic mass is 16.3. The zero-order valence-corrected chi connectivity index (χ0v) is 25.0. The standard InChI is InChI=1S/C36H45NO3/c1-20-10-11-33(3)12-14-36(6)29-17-22(23-19-37-25-8-7-9-26(38)31(23)25)30-21(2)32(40)27(39)18-24(30)34(29,4)13-15-35(36,5)28(33)16-20/h7-9,17-20,22,28,37-40H,10-16H2,1-6H3/t20-,22?,28+,33+,34-,35-,36+/m0/s1. The van der Waals surface area contributed by atoms with Gasteiger partial charge in [-0.1, -0.05) is 58.8 Å². The van der Waals surface area contributed by atoms with E-state index in [2.05, 4.69) is 45.7 Å². The Morgan fingerprint density at radius 3 is 2.48 bits per heavy atom. The molecule has 0 aliphatic heterocycles. The van der Waals surface area contributed by atoms with Crippen LogP contribution in [-0.2, 0) is 5.41 Å². The third-order valence-corrected chi connectivity index (χ3v) is 13.1. The smallest absolute Gasteiger partial charge is 0.160 e. The molecule has 3 fully saturated rings. The van der Waals surface area contributed by atoms with Crippen LogP contribution in [0.15, 0.2) is 42.1 Å². The summed E-state index contributed by atoms with van der Waals surface area (Å²) in [6, 6.07) is 7.49. The molecule has 0 amide bonds. The molecule has 1 heterocycles. The summed E-state index contributed by atoms with van der Waals surface area (Å²) in [6.07, 6.45) is 13.2. The molecule has 0 saturated heterocycles. The van der Waals surface area contributed by atoms with Crippen molar-refractivity contribution >= 4 is 10.9 Å². The van der Waals surface area contributed by atoms with Crippen LogP contribution in [0.25, 0.3) is 10.9 Å². The lowest BCUT2D eigenvalue weighted by atomic mass is 9.35. The van der Waals surface area contributed by atoms with Crippen LogP contribution in [0.3, 0.4) is 0 Å². The van der Waals surface area contributed by atoms with Crippen molar-refractivity contribution in [2.24, 2.45) is 28.1 Å². The number of allylic oxidation sites excluding steroid dienone is 2. The number of hydrogen-bond donors (Lipinski definition) is 4. The SMILES string of the molecule is Cc1c(O)c(O)cc2c1C(c1c[nH]c3cccc(O)c13)C=C1[C@@]2(C)CC[C@@]2(C)[C@@H]3C[C@@H](C)CC[C@]3(C)CC[C@]12C. The largest absolute Gasteiger partial charge is 0.507 e. The van der Waals surface area contributed by atoms with Crippen LogP contribution in [-0.4, -0.2) is 20.3 Å². The van der Waals surface area contributed by atoms with Gasteiger partial charge in [0.05, 0.1) is 0 Å². The molecule has 3 saturated carbocycles. The van der Waals surface area contributed by atoms with E-state index in [1.165, 1.54) is 44.1 Å². The number of nitrogens with one attached hydrogen (secondary N) is 1. The molecular weight excluding hydrogens is 494 g/mol. The fourth-order valence-electron chi connectivity index (χ4n) is 10.5. The Hall–Kier alpha value is -2.88. The van der Waals surface area contributed by atoms with Gasteiger partial charge in [-0.05, 0) is 114 Å². The number of benzene rings is 2. The molecule has 4 aliphatic rings. The Kier molecular flexibility index (Phi) is 5.28. The van der Waals surface area contributed by atoms with Crippen LogP contribution in [0.5, 0.6) is 17.2 Å². The predicted octanol–water partition coefficient (Wildman–Crippen LogP) is 8.97. The first-order valence-corrected chi connectivity index (χ1v) is 15.4. The van der Waals surface area contributed by atoms with Crippen molar-refractivity contribution in [1.82, 2.24) is 4.98 Å². The van der Waals surface area contributed by atoms with Crippen LogP contribution in [0, 0.1) is 35.0 Å².